The van der Waals surface area contributed by atoms with Crippen LogP contribution in [-0.2, 0) is 4.79 Å². The predicted octanol–water partition coefficient (Wildman–Crippen LogP) is 7.19. The molecule has 4 aliphatic rings. The Morgan fingerprint density at radius 2 is 1.91 bits per heavy atom. The summed E-state index contributed by atoms with van der Waals surface area (Å²) in [4.78, 5) is 19.5. The fourth-order valence-corrected chi connectivity index (χ4v) is 9.62. The van der Waals surface area contributed by atoms with E-state index in [-0.39, 0.29) is 11.3 Å². The van der Waals surface area contributed by atoms with Crippen molar-refractivity contribution in [1.29, 1.82) is 0 Å². The van der Waals surface area contributed by atoms with Gasteiger partial charge in [-0.3, -0.25) is 4.79 Å². The molecule has 0 unspecified atom stereocenters. The van der Waals surface area contributed by atoms with Crippen LogP contribution >= 0.6 is 22.9 Å². The summed E-state index contributed by atoms with van der Waals surface area (Å²) in [5, 5.41) is 4.12. The highest BCUT2D eigenvalue weighted by Crippen LogP contribution is 2.67. The fraction of sp³-hybridized carbons (Fsp3) is 0.571. The van der Waals surface area contributed by atoms with Gasteiger partial charge in [0.1, 0.15) is 5.01 Å². The summed E-state index contributed by atoms with van der Waals surface area (Å²) in [5.74, 6) is 2.89. The Kier molecular flexibility index (Phi) is 5.09. The summed E-state index contributed by atoms with van der Waals surface area (Å²) in [6.45, 7) is 4.99. The monoisotopic (exact) mass is 480 g/mol. The number of benzene rings is 1. The summed E-state index contributed by atoms with van der Waals surface area (Å²) in [5.41, 5.74) is 2.76. The highest BCUT2D eigenvalue weighted by atomic mass is 35.5. The number of rotatable bonds is 2. The number of carbonyl (C=O) groups is 1. The number of halogens is 1. The van der Waals surface area contributed by atoms with Crippen molar-refractivity contribution in [1.82, 2.24) is 9.88 Å². The van der Waals surface area contributed by atoms with Crippen LogP contribution in [0.25, 0.3) is 10.6 Å². The molecular weight excluding hydrogens is 448 g/mol. The van der Waals surface area contributed by atoms with E-state index in [0.29, 0.717) is 23.3 Å². The van der Waals surface area contributed by atoms with E-state index in [0.717, 1.165) is 33.9 Å². The van der Waals surface area contributed by atoms with E-state index in [1.165, 1.54) is 37.8 Å². The van der Waals surface area contributed by atoms with Crippen LogP contribution in [0, 0.1) is 28.6 Å². The van der Waals surface area contributed by atoms with E-state index in [9.17, 15) is 4.79 Å². The Morgan fingerprint density at radius 3 is 2.73 bits per heavy atom. The third-order valence-corrected chi connectivity index (χ3v) is 11.3. The molecule has 0 spiro atoms. The highest BCUT2D eigenvalue weighted by Gasteiger charge is 2.60. The van der Waals surface area contributed by atoms with Gasteiger partial charge in [-0.1, -0.05) is 49.7 Å². The number of aromatic nitrogens is 1. The molecule has 174 valence electrons. The van der Waals surface area contributed by atoms with Gasteiger partial charge in [0.25, 0.3) is 0 Å². The maximum Gasteiger partial charge on any atom is 0.246 e. The lowest BCUT2D eigenvalue weighted by Crippen LogP contribution is -2.59. The van der Waals surface area contributed by atoms with Crippen molar-refractivity contribution in [2.24, 2.45) is 28.6 Å². The Hall–Kier alpha value is -1.65. The molecule has 3 nitrogen and oxygen atoms in total. The van der Waals surface area contributed by atoms with E-state index < -0.39 is 0 Å². The molecule has 0 saturated heterocycles. The number of hydrogen-bond acceptors (Lipinski definition) is 3. The van der Waals surface area contributed by atoms with Crippen LogP contribution in [0.15, 0.2) is 41.8 Å². The van der Waals surface area contributed by atoms with Gasteiger partial charge in [-0.05, 0) is 73.8 Å². The number of nitrogens with zero attached hydrogens (tertiary/aromatic N) is 2. The van der Waals surface area contributed by atoms with E-state index in [2.05, 4.69) is 31.4 Å². The molecule has 3 aliphatic carbocycles. The molecule has 1 aromatic heterocycles. The average molecular weight is 481 g/mol. The first kappa shape index (κ1) is 21.9. The molecule has 33 heavy (non-hydrogen) atoms. The smallest absolute Gasteiger partial charge is 0.246 e. The summed E-state index contributed by atoms with van der Waals surface area (Å²) in [6.07, 6.45) is 11.6. The highest BCUT2D eigenvalue weighted by molar-refractivity contribution is 7.13. The fourth-order valence-electron chi connectivity index (χ4n) is 8.43. The summed E-state index contributed by atoms with van der Waals surface area (Å²) < 4.78 is 0. The minimum Gasteiger partial charge on any atom is -0.338 e. The van der Waals surface area contributed by atoms with Crippen LogP contribution < -0.4 is 0 Å². The van der Waals surface area contributed by atoms with E-state index >= 15 is 0 Å². The SMILES string of the molecule is CN1C(=O)C=C[C@]2(C)[C@H]3CC[C@]4(C)[C@@H](c5csc(-c6ccccc6Cl)n5)CC[C@H]4[C@@H]3CC[C@@H]12. The molecule has 3 saturated carbocycles. The zero-order valence-electron chi connectivity index (χ0n) is 19.8. The molecular formula is C28H33ClN2OS. The van der Waals surface area contributed by atoms with E-state index in [1.807, 2.05) is 36.2 Å². The minimum absolute atomic E-state index is 0.114. The predicted molar refractivity (Wildman–Crippen MR) is 135 cm³/mol. The standard InChI is InChI=1S/C28H33ClN2OS/c1-27-14-12-20-17(8-11-24-28(20,2)15-13-25(32)31(24)3)19(27)9-10-21(27)23-16-33-26(30-23)18-6-4-5-7-22(18)29/h4-7,13,15-17,19-21,24H,8-12,14H2,1-3H3/t17-,19-,20-,21+,24+,27-,28+/m0/s1. The zero-order valence-corrected chi connectivity index (χ0v) is 21.3. The lowest BCUT2D eigenvalue weighted by atomic mass is 9.47. The van der Waals surface area contributed by atoms with Gasteiger partial charge in [-0.2, -0.15) is 0 Å². The number of fused-ring (bicyclic) bond motifs is 5. The van der Waals surface area contributed by atoms with Crippen LogP contribution in [0.5, 0.6) is 0 Å². The van der Waals surface area contributed by atoms with Crippen molar-refractivity contribution in [3.05, 3.63) is 52.5 Å². The van der Waals surface area contributed by atoms with Gasteiger partial charge in [0.05, 0.1) is 10.7 Å². The number of carbonyl (C=O) groups excluding carboxylic acids is 1. The molecule has 2 aromatic rings. The first-order valence-electron chi connectivity index (χ1n) is 12.5. The molecule has 0 bridgehead atoms. The van der Waals surface area contributed by atoms with Crippen LogP contribution in [0.1, 0.15) is 64.0 Å². The summed E-state index contributed by atoms with van der Waals surface area (Å²) >= 11 is 8.20. The van der Waals surface area contributed by atoms with Crippen molar-refractivity contribution >= 4 is 28.8 Å². The van der Waals surface area contributed by atoms with Gasteiger partial charge in [-0.25, -0.2) is 4.98 Å². The normalized spacial score (nSPS) is 39.8. The molecule has 1 amide bonds. The number of hydrogen-bond donors (Lipinski definition) is 0. The Labute approximate surface area is 206 Å². The lowest BCUT2D eigenvalue weighted by Gasteiger charge is -2.60. The Balaban J connectivity index is 1.29. The largest absolute Gasteiger partial charge is 0.338 e. The molecule has 3 fully saturated rings. The van der Waals surface area contributed by atoms with Gasteiger partial charge < -0.3 is 4.90 Å². The third kappa shape index (κ3) is 3.13. The maximum absolute atomic E-state index is 12.3. The van der Waals surface area contributed by atoms with E-state index in [1.54, 1.807) is 11.3 Å². The minimum atomic E-state index is 0.114. The lowest BCUT2D eigenvalue weighted by molar-refractivity contribution is -0.138. The van der Waals surface area contributed by atoms with Gasteiger partial charge in [0.15, 0.2) is 0 Å². The van der Waals surface area contributed by atoms with Gasteiger partial charge >= 0.3 is 0 Å². The van der Waals surface area contributed by atoms with Crippen molar-refractivity contribution in [3.63, 3.8) is 0 Å². The van der Waals surface area contributed by atoms with Crippen molar-refractivity contribution < 1.29 is 4.79 Å². The second-order valence-electron chi connectivity index (χ2n) is 11.4. The zero-order chi connectivity index (χ0) is 23.0. The maximum atomic E-state index is 12.3. The number of amides is 1. The summed E-state index contributed by atoms with van der Waals surface area (Å²) in [7, 11) is 2.01. The first-order chi connectivity index (χ1) is 15.8. The second kappa shape index (κ2) is 7.68. The Morgan fingerprint density at radius 1 is 1.09 bits per heavy atom. The van der Waals surface area contributed by atoms with Crippen LogP contribution in [0.4, 0.5) is 0 Å². The molecule has 0 radical (unpaired) electrons. The molecule has 6 rings (SSSR count). The van der Waals surface area contributed by atoms with Crippen LogP contribution in [0.2, 0.25) is 5.02 Å². The van der Waals surface area contributed by atoms with Gasteiger partial charge in [-0.15, -0.1) is 11.3 Å². The quantitative estimate of drug-likeness (QED) is 0.455. The van der Waals surface area contributed by atoms with Gasteiger partial charge in [0, 0.05) is 35.4 Å². The van der Waals surface area contributed by atoms with Crippen LogP contribution in [0.3, 0.4) is 0 Å². The van der Waals surface area contributed by atoms with Crippen molar-refractivity contribution in [2.75, 3.05) is 7.05 Å². The third-order valence-electron chi connectivity index (χ3n) is 10.1. The molecule has 7 atom stereocenters. The molecule has 1 aliphatic heterocycles. The molecule has 2 heterocycles. The Bertz CT molecular complexity index is 1130. The second-order valence-corrected chi connectivity index (χ2v) is 12.6. The van der Waals surface area contributed by atoms with E-state index in [4.69, 9.17) is 16.6 Å². The van der Waals surface area contributed by atoms with Gasteiger partial charge in [0.2, 0.25) is 5.91 Å². The number of likely N-dealkylation sites (N-methyl/N-ethyl adjacent to an activating group) is 1. The van der Waals surface area contributed by atoms with Crippen molar-refractivity contribution in [2.45, 2.75) is 64.3 Å². The van der Waals surface area contributed by atoms with Crippen LogP contribution in [-0.4, -0.2) is 28.9 Å². The first-order valence-corrected chi connectivity index (χ1v) is 13.7. The molecule has 5 heteroatoms. The number of thiazole rings is 1. The topological polar surface area (TPSA) is 33.2 Å². The van der Waals surface area contributed by atoms with Crippen molar-refractivity contribution in [3.8, 4) is 10.6 Å². The molecule has 1 aromatic carbocycles. The summed E-state index contributed by atoms with van der Waals surface area (Å²) in [6, 6.07) is 8.40. The average Bonchev–Trinajstić information content (AvgIpc) is 3.41. The molecule has 0 N–H and O–H groups in total.